The number of benzene rings is 3. The lowest BCUT2D eigenvalue weighted by atomic mass is 9.89. The van der Waals surface area contributed by atoms with Gasteiger partial charge < -0.3 is 14.7 Å². The molecular weight excluding hydrogens is 438 g/mol. The number of carbonyl (C=O) groups is 2. The molecule has 1 fully saturated rings. The van der Waals surface area contributed by atoms with Crippen molar-refractivity contribution >= 4 is 28.2 Å². The number of ether oxygens (including phenoxy) is 1. The van der Waals surface area contributed by atoms with Gasteiger partial charge in [0.1, 0.15) is 11.5 Å². The second kappa shape index (κ2) is 9.95. The minimum absolute atomic E-state index is 0.137. The molecule has 1 saturated heterocycles. The molecule has 5 nitrogen and oxygen atoms in total. The van der Waals surface area contributed by atoms with E-state index >= 15 is 0 Å². The lowest BCUT2D eigenvalue weighted by molar-refractivity contribution is -0.139. The molecule has 0 radical (unpaired) electrons. The molecule has 1 aliphatic rings. The fraction of sp³-hybridized carbons (Fsp3) is 0.333. The number of carbonyl (C=O) groups excluding carboxylic acids is 2. The van der Waals surface area contributed by atoms with Gasteiger partial charge in [-0.3, -0.25) is 9.59 Å². The summed E-state index contributed by atoms with van der Waals surface area (Å²) < 4.78 is 5.56. The van der Waals surface area contributed by atoms with Crippen LogP contribution in [0.25, 0.3) is 16.5 Å². The number of likely N-dealkylation sites (tertiary alicyclic amines) is 1. The van der Waals surface area contributed by atoms with Crippen LogP contribution in [0.4, 0.5) is 0 Å². The number of Topliss-reactive ketones (excluding diaryl/α,β-unsaturated/α-hetero) is 1. The topological polar surface area (TPSA) is 66.8 Å². The van der Waals surface area contributed by atoms with E-state index in [0.29, 0.717) is 12.1 Å². The van der Waals surface area contributed by atoms with Crippen molar-refractivity contribution in [3.05, 3.63) is 82.4 Å². The molecule has 0 spiro atoms. The van der Waals surface area contributed by atoms with Crippen LogP contribution in [-0.4, -0.2) is 35.4 Å². The van der Waals surface area contributed by atoms with Gasteiger partial charge in [-0.2, -0.15) is 0 Å². The van der Waals surface area contributed by atoms with Crippen LogP contribution < -0.4 is 4.74 Å². The van der Waals surface area contributed by atoms with Gasteiger partial charge in [0.15, 0.2) is 0 Å². The van der Waals surface area contributed by atoms with Gasteiger partial charge in [0.2, 0.25) is 0 Å². The molecule has 1 unspecified atom stereocenters. The zero-order chi connectivity index (χ0) is 25.3. The number of fused-ring (bicyclic) bond motifs is 1. The Morgan fingerprint density at radius 1 is 1.09 bits per heavy atom. The van der Waals surface area contributed by atoms with Crippen molar-refractivity contribution in [2.45, 2.75) is 52.5 Å². The van der Waals surface area contributed by atoms with Gasteiger partial charge >= 0.3 is 0 Å². The number of hydrogen-bond donors (Lipinski definition) is 1. The molecule has 0 aliphatic carbocycles. The highest BCUT2D eigenvalue weighted by molar-refractivity contribution is 6.46. The number of unbranched alkanes of at least 4 members (excludes halogenated alkanes) is 1. The second-order valence-corrected chi connectivity index (χ2v) is 9.48. The third-order valence-corrected chi connectivity index (χ3v) is 6.86. The number of aliphatic hydroxyl groups is 1. The molecule has 3 aromatic rings. The molecule has 35 heavy (non-hydrogen) atoms. The Labute approximate surface area is 207 Å². The molecule has 1 N–H and O–H groups in total. The Balaban J connectivity index is 1.99. The van der Waals surface area contributed by atoms with Gasteiger partial charge in [0.25, 0.3) is 11.7 Å². The fourth-order valence-electron chi connectivity index (χ4n) is 4.98. The third kappa shape index (κ3) is 4.31. The van der Waals surface area contributed by atoms with Crippen molar-refractivity contribution in [1.82, 2.24) is 4.90 Å². The molecule has 1 amide bonds. The summed E-state index contributed by atoms with van der Waals surface area (Å²) in [6.45, 7) is 8.48. The SMILES string of the molecule is CCCCN1C(=O)C(=O)/C(=C(/O)c2cc(C(C)C)c(OC)cc2C)C1c1cccc2ccccc12. The molecule has 4 rings (SSSR count). The normalized spacial score (nSPS) is 17.5. The highest BCUT2D eigenvalue weighted by Crippen LogP contribution is 2.43. The Morgan fingerprint density at radius 2 is 1.80 bits per heavy atom. The zero-order valence-electron chi connectivity index (χ0n) is 21.1. The number of hydrogen-bond acceptors (Lipinski definition) is 4. The van der Waals surface area contributed by atoms with Crippen LogP contribution in [-0.2, 0) is 9.59 Å². The van der Waals surface area contributed by atoms with E-state index in [-0.39, 0.29) is 17.3 Å². The summed E-state index contributed by atoms with van der Waals surface area (Å²) in [7, 11) is 1.62. The standard InChI is InChI=1S/C30H33NO4/c1-6-7-15-31-27(22-14-10-12-20-11-8-9-13-21(20)22)26(29(33)30(31)34)28(32)24-17-23(18(2)3)25(35-5)16-19(24)4/h8-14,16-18,27,32H,6-7,15H2,1-5H3/b28-26+. The Morgan fingerprint density at radius 3 is 2.49 bits per heavy atom. The quantitative estimate of drug-likeness (QED) is 0.243. The fourth-order valence-corrected chi connectivity index (χ4v) is 4.98. The van der Waals surface area contributed by atoms with Gasteiger partial charge in [-0.25, -0.2) is 0 Å². The number of aryl methyl sites for hydroxylation is 1. The van der Waals surface area contributed by atoms with Crippen molar-refractivity contribution in [3.63, 3.8) is 0 Å². The molecule has 0 saturated carbocycles. The van der Waals surface area contributed by atoms with E-state index in [9.17, 15) is 14.7 Å². The molecule has 0 aromatic heterocycles. The van der Waals surface area contributed by atoms with Crippen LogP contribution in [0.15, 0.2) is 60.2 Å². The van der Waals surface area contributed by atoms with E-state index in [1.54, 1.807) is 12.0 Å². The van der Waals surface area contributed by atoms with Crippen LogP contribution in [0.2, 0.25) is 0 Å². The maximum Gasteiger partial charge on any atom is 0.295 e. The lowest BCUT2D eigenvalue weighted by Gasteiger charge is -2.26. The molecule has 0 bridgehead atoms. The average molecular weight is 472 g/mol. The van der Waals surface area contributed by atoms with Gasteiger partial charge in [-0.15, -0.1) is 0 Å². The summed E-state index contributed by atoms with van der Waals surface area (Å²) in [4.78, 5) is 28.3. The van der Waals surface area contributed by atoms with E-state index < -0.39 is 17.7 Å². The Hall–Kier alpha value is -3.60. The monoisotopic (exact) mass is 471 g/mol. The van der Waals surface area contributed by atoms with Crippen LogP contribution in [0.3, 0.4) is 0 Å². The van der Waals surface area contributed by atoms with Gasteiger partial charge in [0.05, 0.1) is 18.7 Å². The van der Waals surface area contributed by atoms with Gasteiger partial charge in [0, 0.05) is 12.1 Å². The molecule has 182 valence electrons. The van der Waals surface area contributed by atoms with E-state index in [2.05, 4.69) is 20.8 Å². The average Bonchev–Trinajstić information content (AvgIpc) is 3.10. The van der Waals surface area contributed by atoms with Crippen LogP contribution in [0.5, 0.6) is 5.75 Å². The smallest absolute Gasteiger partial charge is 0.295 e. The molecule has 5 heteroatoms. The number of amides is 1. The molecule has 1 atom stereocenters. The second-order valence-electron chi connectivity index (χ2n) is 9.48. The molecule has 1 aliphatic heterocycles. The number of aliphatic hydroxyl groups excluding tert-OH is 1. The van der Waals surface area contributed by atoms with Crippen molar-refractivity contribution < 1.29 is 19.4 Å². The third-order valence-electron chi connectivity index (χ3n) is 6.86. The van der Waals surface area contributed by atoms with Gasteiger partial charge in [-0.1, -0.05) is 69.7 Å². The first kappa shape index (κ1) is 24.5. The number of ketones is 1. The summed E-state index contributed by atoms with van der Waals surface area (Å²) in [6.07, 6.45) is 1.66. The van der Waals surface area contributed by atoms with Crippen LogP contribution in [0.1, 0.15) is 67.8 Å². The summed E-state index contributed by atoms with van der Waals surface area (Å²) in [6, 6.07) is 16.9. The number of nitrogens with zero attached hydrogens (tertiary/aromatic N) is 1. The van der Waals surface area contributed by atoms with E-state index in [4.69, 9.17) is 4.74 Å². The van der Waals surface area contributed by atoms with Crippen molar-refractivity contribution in [2.24, 2.45) is 0 Å². The van der Waals surface area contributed by atoms with E-state index in [1.807, 2.05) is 61.5 Å². The summed E-state index contributed by atoms with van der Waals surface area (Å²) in [5.41, 5.74) is 3.25. The maximum absolute atomic E-state index is 13.4. The van der Waals surface area contributed by atoms with Crippen molar-refractivity contribution in [3.8, 4) is 5.75 Å². The molecule has 1 heterocycles. The van der Waals surface area contributed by atoms with Crippen molar-refractivity contribution in [1.29, 1.82) is 0 Å². The minimum Gasteiger partial charge on any atom is -0.507 e. The van der Waals surface area contributed by atoms with Crippen molar-refractivity contribution in [2.75, 3.05) is 13.7 Å². The first-order chi connectivity index (χ1) is 16.8. The predicted molar refractivity (Wildman–Crippen MR) is 140 cm³/mol. The first-order valence-corrected chi connectivity index (χ1v) is 12.2. The summed E-state index contributed by atoms with van der Waals surface area (Å²) in [5.74, 6) is -0.450. The van der Waals surface area contributed by atoms with Crippen LogP contribution in [0, 0.1) is 6.92 Å². The summed E-state index contributed by atoms with van der Waals surface area (Å²) >= 11 is 0. The predicted octanol–water partition coefficient (Wildman–Crippen LogP) is 6.50. The van der Waals surface area contributed by atoms with Crippen LogP contribution >= 0.6 is 0 Å². The maximum atomic E-state index is 13.4. The summed E-state index contributed by atoms with van der Waals surface area (Å²) in [5, 5.41) is 13.6. The highest BCUT2D eigenvalue weighted by Gasteiger charge is 2.46. The zero-order valence-corrected chi connectivity index (χ0v) is 21.1. The molecular formula is C30H33NO4. The number of rotatable bonds is 7. The van der Waals surface area contributed by atoms with E-state index in [1.165, 1.54) is 0 Å². The largest absolute Gasteiger partial charge is 0.507 e. The Kier molecular flexibility index (Phi) is 6.97. The highest BCUT2D eigenvalue weighted by atomic mass is 16.5. The van der Waals surface area contributed by atoms with Gasteiger partial charge in [-0.05, 0) is 58.9 Å². The first-order valence-electron chi connectivity index (χ1n) is 12.2. The minimum atomic E-state index is -0.656. The van der Waals surface area contributed by atoms with E-state index in [0.717, 1.165) is 46.1 Å². The number of methoxy groups -OCH3 is 1. The lowest BCUT2D eigenvalue weighted by Crippen LogP contribution is -2.30. The molecule has 3 aromatic carbocycles. The Bertz CT molecular complexity index is 1320.